The summed E-state index contributed by atoms with van der Waals surface area (Å²) in [6.45, 7) is 4.26. The molecule has 0 radical (unpaired) electrons. The van der Waals surface area contributed by atoms with Gasteiger partial charge in [0.05, 0.1) is 6.61 Å². The van der Waals surface area contributed by atoms with E-state index >= 15 is 0 Å². The minimum absolute atomic E-state index is 0.277. The van der Waals surface area contributed by atoms with Crippen molar-refractivity contribution < 1.29 is 9.53 Å². The summed E-state index contributed by atoms with van der Waals surface area (Å²) >= 11 is 0. The maximum atomic E-state index is 10.9. The van der Waals surface area contributed by atoms with E-state index in [0.29, 0.717) is 6.61 Å². The molecule has 0 aromatic rings. The van der Waals surface area contributed by atoms with E-state index in [9.17, 15) is 4.79 Å². The molecule has 0 saturated heterocycles. The fourth-order valence-corrected chi connectivity index (χ4v) is 0.791. The van der Waals surface area contributed by atoms with Crippen LogP contribution in [0.15, 0.2) is 0 Å². The zero-order valence-corrected chi connectivity index (χ0v) is 7.30. The van der Waals surface area contributed by atoms with Crippen LogP contribution in [0.4, 0.5) is 0 Å². The van der Waals surface area contributed by atoms with Gasteiger partial charge >= 0.3 is 5.97 Å². The average molecular weight is 159 g/mol. The molecule has 11 heavy (non-hydrogen) atoms. The summed E-state index contributed by atoms with van der Waals surface area (Å²) in [5.41, 5.74) is 5.51. The second-order valence-electron chi connectivity index (χ2n) is 2.50. The highest BCUT2D eigenvalue weighted by Crippen LogP contribution is 1.99. The molecule has 0 saturated carbocycles. The fraction of sp³-hybridized carbons (Fsp3) is 0.875. The topological polar surface area (TPSA) is 52.3 Å². The molecule has 66 valence electrons. The molecular formula is C8H17NO2. The molecule has 0 aromatic carbocycles. The monoisotopic (exact) mass is 159 g/mol. The highest BCUT2D eigenvalue weighted by Gasteiger charge is 2.12. The summed E-state index contributed by atoms with van der Waals surface area (Å²) in [6.07, 6.45) is 2.78. The molecule has 0 unspecified atom stereocenters. The first-order valence-corrected chi connectivity index (χ1v) is 4.14. The van der Waals surface area contributed by atoms with Crippen molar-refractivity contribution in [2.24, 2.45) is 5.73 Å². The number of unbranched alkanes of at least 4 members (excludes halogenated alkanes) is 1. The third-order valence-corrected chi connectivity index (χ3v) is 1.46. The number of carbonyl (C=O) groups is 1. The molecular weight excluding hydrogens is 142 g/mol. The predicted molar refractivity (Wildman–Crippen MR) is 44.1 cm³/mol. The van der Waals surface area contributed by atoms with Crippen molar-refractivity contribution in [3.8, 4) is 0 Å². The van der Waals surface area contributed by atoms with Gasteiger partial charge in [-0.3, -0.25) is 4.79 Å². The number of nitrogens with two attached hydrogens (primary N) is 1. The van der Waals surface area contributed by atoms with Crippen molar-refractivity contribution in [1.82, 2.24) is 0 Å². The van der Waals surface area contributed by atoms with Gasteiger partial charge in [0, 0.05) is 0 Å². The van der Waals surface area contributed by atoms with Crippen LogP contribution >= 0.6 is 0 Å². The van der Waals surface area contributed by atoms with Crippen molar-refractivity contribution in [1.29, 1.82) is 0 Å². The molecule has 0 aliphatic rings. The van der Waals surface area contributed by atoms with Crippen LogP contribution in [0.25, 0.3) is 0 Å². The third kappa shape index (κ3) is 4.79. The van der Waals surface area contributed by atoms with Gasteiger partial charge in [0.2, 0.25) is 0 Å². The van der Waals surface area contributed by atoms with Crippen LogP contribution in [0.3, 0.4) is 0 Å². The minimum atomic E-state index is -0.421. The van der Waals surface area contributed by atoms with Gasteiger partial charge in [0.15, 0.2) is 0 Å². The summed E-state index contributed by atoms with van der Waals surface area (Å²) in [7, 11) is 0. The lowest BCUT2D eigenvalue weighted by molar-refractivity contribution is -0.144. The van der Waals surface area contributed by atoms with Gasteiger partial charge < -0.3 is 10.5 Å². The van der Waals surface area contributed by atoms with Crippen LogP contribution in [0.5, 0.6) is 0 Å². The number of hydrogen-bond acceptors (Lipinski definition) is 3. The average Bonchev–Trinajstić information content (AvgIpc) is 2.00. The van der Waals surface area contributed by atoms with E-state index in [0.717, 1.165) is 19.3 Å². The molecule has 2 N–H and O–H groups in total. The van der Waals surface area contributed by atoms with Gasteiger partial charge in [-0.1, -0.05) is 19.8 Å². The lowest BCUT2D eigenvalue weighted by Gasteiger charge is -2.08. The van der Waals surface area contributed by atoms with Crippen LogP contribution in [-0.2, 0) is 9.53 Å². The van der Waals surface area contributed by atoms with E-state index in [2.05, 4.69) is 6.92 Å². The van der Waals surface area contributed by atoms with Gasteiger partial charge in [-0.25, -0.2) is 0 Å². The van der Waals surface area contributed by atoms with Crippen LogP contribution in [0.1, 0.15) is 33.1 Å². The normalized spacial score (nSPS) is 12.6. The first-order valence-electron chi connectivity index (χ1n) is 4.14. The first-order chi connectivity index (χ1) is 5.22. The molecule has 0 aliphatic carbocycles. The zero-order chi connectivity index (χ0) is 8.69. The molecule has 0 rings (SSSR count). The molecule has 0 heterocycles. The Balaban J connectivity index is 3.46. The second-order valence-corrected chi connectivity index (χ2v) is 2.50. The van der Waals surface area contributed by atoms with E-state index in [1.165, 1.54) is 0 Å². The summed E-state index contributed by atoms with van der Waals surface area (Å²) in [5.74, 6) is -0.277. The second kappa shape index (κ2) is 6.16. The standard InChI is InChI=1S/C8H17NO2/c1-3-5-6-7(9)8(10)11-4-2/h7H,3-6,9H2,1-2H3/t7-/m0/s1. The maximum absolute atomic E-state index is 10.9. The molecule has 0 bridgehead atoms. The van der Waals surface area contributed by atoms with Gasteiger partial charge in [-0.15, -0.1) is 0 Å². The maximum Gasteiger partial charge on any atom is 0.322 e. The minimum Gasteiger partial charge on any atom is -0.465 e. The molecule has 1 atom stereocenters. The van der Waals surface area contributed by atoms with E-state index in [1.807, 2.05) is 0 Å². The lowest BCUT2D eigenvalue weighted by Crippen LogP contribution is -2.32. The molecule has 0 aliphatic heterocycles. The molecule has 0 fully saturated rings. The van der Waals surface area contributed by atoms with Gasteiger partial charge in [0.1, 0.15) is 6.04 Å². The summed E-state index contributed by atoms with van der Waals surface area (Å²) in [4.78, 5) is 10.9. The third-order valence-electron chi connectivity index (χ3n) is 1.46. The number of esters is 1. The van der Waals surface area contributed by atoms with Crippen LogP contribution in [-0.4, -0.2) is 18.6 Å². The Morgan fingerprint density at radius 2 is 2.18 bits per heavy atom. The molecule has 0 spiro atoms. The highest BCUT2D eigenvalue weighted by molar-refractivity contribution is 5.75. The van der Waals surface area contributed by atoms with Crippen molar-refractivity contribution in [3.63, 3.8) is 0 Å². The van der Waals surface area contributed by atoms with Crippen LogP contribution in [0.2, 0.25) is 0 Å². The SMILES string of the molecule is CCCC[C@H](N)C(=O)OCC. The highest BCUT2D eigenvalue weighted by atomic mass is 16.5. The van der Waals surface area contributed by atoms with E-state index < -0.39 is 6.04 Å². The Labute approximate surface area is 67.9 Å². The van der Waals surface area contributed by atoms with E-state index in [-0.39, 0.29) is 5.97 Å². The first kappa shape index (κ1) is 10.4. The number of hydrogen-bond donors (Lipinski definition) is 1. The lowest BCUT2D eigenvalue weighted by atomic mass is 10.1. The van der Waals surface area contributed by atoms with Gasteiger partial charge in [0.25, 0.3) is 0 Å². The predicted octanol–water partition coefficient (Wildman–Crippen LogP) is 1.07. The number of ether oxygens (including phenoxy) is 1. The van der Waals surface area contributed by atoms with Crippen molar-refractivity contribution in [2.45, 2.75) is 39.2 Å². The van der Waals surface area contributed by atoms with Crippen molar-refractivity contribution in [2.75, 3.05) is 6.61 Å². The zero-order valence-electron chi connectivity index (χ0n) is 7.30. The van der Waals surface area contributed by atoms with E-state index in [4.69, 9.17) is 10.5 Å². The smallest absolute Gasteiger partial charge is 0.322 e. The molecule has 0 aromatic heterocycles. The number of rotatable bonds is 5. The summed E-state index contributed by atoms with van der Waals surface area (Å²) in [6, 6.07) is -0.421. The Morgan fingerprint density at radius 1 is 1.55 bits per heavy atom. The summed E-state index contributed by atoms with van der Waals surface area (Å²) in [5, 5.41) is 0. The fourth-order valence-electron chi connectivity index (χ4n) is 0.791. The number of carbonyl (C=O) groups excluding carboxylic acids is 1. The summed E-state index contributed by atoms with van der Waals surface area (Å²) < 4.78 is 4.74. The van der Waals surface area contributed by atoms with Crippen molar-refractivity contribution in [3.05, 3.63) is 0 Å². The largest absolute Gasteiger partial charge is 0.465 e. The molecule has 0 amide bonds. The van der Waals surface area contributed by atoms with Gasteiger partial charge in [-0.05, 0) is 13.3 Å². The Kier molecular flexibility index (Phi) is 5.84. The molecule has 3 nitrogen and oxygen atoms in total. The van der Waals surface area contributed by atoms with Crippen molar-refractivity contribution >= 4 is 5.97 Å². The van der Waals surface area contributed by atoms with Crippen LogP contribution < -0.4 is 5.73 Å². The Hall–Kier alpha value is -0.570. The van der Waals surface area contributed by atoms with E-state index in [1.54, 1.807) is 6.92 Å². The Morgan fingerprint density at radius 3 is 2.64 bits per heavy atom. The Bertz CT molecular complexity index is 115. The quantitative estimate of drug-likeness (QED) is 0.610. The van der Waals surface area contributed by atoms with Crippen LogP contribution in [0, 0.1) is 0 Å². The molecule has 3 heteroatoms. The van der Waals surface area contributed by atoms with Gasteiger partial charge in [-0.2, -0.15) is 0 Å².